The molecule has 32 heavy (non-hydrogen) atoms. The highest BCUT2D eigenvalue weighted by Crippen LogP contribution is 2.15. The molecule has 0 spiro atoms. The van der Waals surface area contributed by atoms with Gasteiger partial charge in [-0.25, -0.2) is 4.79 Å². The van der Waals surface area contributed by atoms with Gasteiger partial charge in [-0.2, -0.15) is 0 Å². The molecule has 0 atom stereocenters. The molecule has 1 aliphatic heterocycles. The molecule has 1 aliphatic rings. The summed E-state index contributed by atoms with van der Waals surface area (Å²) in [6, 6.07) is 18.5. The van der Waals surface area contributed by atoms with Crippen LogP contribution in [0.1, 0.15) is 30.9 Å². The van der Waals surface area contributed by atoms with Crippen molar-refractivity contribution in [1.82, 2.24) is 15.5 Å². The van der Waals surface area contributed by atoms with Crippen LogP contribution in [0.4, 0.5) is 4.79 Å². The van der Waals surface area contributed by atoms with Crippen molar-refractivity contribution in [2.24, 2.45) is 4.99 Å². The Morgan fingerprint density at radius 3 is 2.50 bits per heavy atom. The largest absolute Gasteiger partial charge is 0.489 e. The van der Waals surface area contributed by atoms with Crippen LogP contribution >= 0.6 is 24.0 Å². The topological polar surface area (TPSA) is 75.2 Å². The second kappa shape index (κ2) is 13.8. The summed E-state index contributed by atoms with van der Waals surface area (Å²) in [4.78, 5) is 17.9. The SMILES string of the molecule is CCOC(=O)N1CCC(NC(=NC)NCc2cccc(OCc3ccccc3)c2)CC1.I. The molecule has 2 N–H and O–H groups in total. The van der Waals surface area contributed by atoms with E-state index in [1.165, 1.54) is 0 Å². The van der Waals surface area contributed by atoms with Crippen LogP contribution in [0.25, 0.3) is 0 Å². The van der Waals surface area contributed by atoms with Crippen LogP contribution in [0.15, 0.2) is 59.6 Å². The first kappa shape index (κ1) is 25.8. The van der Waals surface area contributed by atoms with Crippen LogP contribution in [0.5, 0.6) is 5.75 Å². The van der Waals surface area contributed by atoms with Gasteiger partial charge < -0.3 is 25.0 Å². The normalized spacial score (nSPS) is 14.3. The molecule has 1 fully saturated rings. The van der Waals surface area contributed by atoms with E-state index in [0.29, 0.717) is 32.8 Å². The quantitative estimate of drug-likeness (QED) is 0.307. The van der Waals surface area contributed by atoms with Crippen molar-refractivity contribution in [1.29, 1.82) is 0 Å². The molecule has 2 aromatic rings. The number of amides is 1. The molecule has 1 saturated heterocycles. The Kier molecular flexibility index (Phi) is 11.1. The fraction of sp³-hybridized carbons (Fsp3) is 0.417. The molecule has 1 heterocycles. The minimum atomic E-state index is -0.224. The summed E-state index contributed by atoms with van der Waals surface area (Å²) in [5.41, 5.74) is 2.26. The van der Waals surface area contributed by atoms with Gasteiger partial charge in [0.1, 0.15) is 12.4 Å². The number of nitrogens with zero attached hydrogens (tertiary/aromatic N) is 2. The van der Waals surface area contributed by atoms with E-state index in [2.05, 4.69) is 33.8 Å². The van der Waals surface area contributed by atoms with Crippen molar-refractivity contribution >= 4 is 36.0 Å². The Labute approximate surface area is 207 Å². The predicted octanol–water partition coefficient (Wildman–Crippen LogP) is 4.17. The smallest absolute Gasteiger partial charge is 0.409 e. The van der Waals surface area contributed by atoms with Crippen LogP contribution in [-0.2, 0) is 17.9 Å². The third kappa shape index (κ3) is 8.22. The highest BCUT2D eigenvalue weighted by atomic mass is 127. The number of hydrogen-bond acceptors (Lipinski definition) is 4. The standard InChI is InChI=1S/C24H32N4O3.HI/c1-3-30-24(29)28-14-12-21(13-15-28)27-23(25-2)26-17-20-10-7-11-22(16-20)31-18-19-8-5-4-6-9-19;/h4-11,16,21H,3,12-15,17-18H2,1-2H3,(H2,25,26,27);1H. The lowest BCUT2D eigenvalue weighted by atomic mass is 10.1. The number of nitrogens with one attached hydrogen (secondary N) is 2. The van der Waals surface area contributed by atoms with Gasteiger partial charge in [0.05, 0.1) is 6.61 Å². The van der Waals surface area contributed by atoms with Crippen LogP contribution in [0.3, 0.4) is 0 Å². The van der Waals surface area contributed by atoms with E-state index in [1.54, 1.807) is 11.9 Å². The third-order valence-electron chi connectivity index (χ3n) is 5.19. The van der Waals surface area contributed by atoms with Gasteiger partial charge in [-0.15, -0.1) is 24.0 Å². The second-order valence-electron chi connectivity index (χ2n) is 7.45. The Balaban J connectivity index is 0.00000363. The number of benzene rings is 2. The van der Waals surface area contributed by atoms with E-state index in [0.717, 1.165) is 35.7 Å². The summed E-state index contributed by atoms with van der Waals surface area (Å²) in [5.74, 6) is 1.60. The second-order valence-corrected chi connectivity index (χ2v) is 7.45. The van der Waals surface area contributed by atoms with Crippen LogP contribution in [0.2, 0.25) is 0 Å². The summed E-state index contributed by atoms with van der Waals surface area (Å²) in [5, 5.41) is 6.82. The van der Waals surface area contributed by atoms with Gasteiger partial charge in [0.2, 0.25) is 0 Å². The predicted molar refractivity (Wildman–Crippen MR) is 138 cm³/mol. The first-order chi connectivity index (χ1) is 15.2. The summed E-state index contributed by atoms with van der Waals surface area (Å²) in [6.07, 6.45) is 1.50. The van der Waals surface area contributed by atoms with Gasteiger partial charge in [-0.3, -0.25) is 4.99 Å². The fourth-order valence-electron chi connectivity index (χ4n) is 3.48. The van der Waals surface area contributed by atoms with E-state index < -0.39 is 0 Å². The first-order valence-corrected chi connectivity index (χ1v) is 10.8. The maximum absolute atomic E-state index is 11.8. The summed E-state index contributed by atoms with van der Waals surface area (Å²) < 4.78 is 11.0. The Morgan fingerprint density at radius 1 is 1.09 bits per heavy atom. The van der Waals surface area contributed by atoms with E-state index >= 15 is 0 Å². The molecule has 7 nitrogen and oxygen atoms in total. The molecule has 0 bridgehead atoms. The van der Waals surface area contributed by atoms with Gasteiger partial charge in [-0.05, 0) is 43.0 Å². The fourth-order valence-corrected chi connectivity index (χ4v) is 3.48. The maximum atomic E-state index is 11.8. The number of hydrogen-bond donors (Lipinski definition) is 2. The van der Waals surface area contributed by atoms with Crippen molar-refractivity contribution < 1.29 is 14.3 Å². The van der Waals surface area contributed by atoms with Gasteiger partial charge >= 0.3 is 6.09 Å². The lowest BCUT2D eigenvalue weighted by molar-refractivity contribution is 0.0963. The molecular weight excluding hydrogens is 519 g/mol. The maximum Gasteiger partial charge on any atom is 0.409 e. The monoisotopic (exact) mass is 552 g/mol. The zero-order valence-electron chi connectivity index (χ0n) is 18.8. The van der Waals surface area contributed by atoms with Crippen LogP contribution < -0.4 is 15.4 Å². The summed E-state index contributed by atoms with van der Waals surface area (Å²) in [7, 11) is 1.77. The number of carbonyl (C=O) groups is 1. The van der Waals surface area contributed by atoms with Crippen molar-refractivity contribution in [2.75, 3.05) is 26.7 Å². The Morgan fingerprint density at radius 2 is 1.81 bits per heavy atom. The number of halogens is 1. The average Bonchev–Trinajstić information content (AvgIpc) is 2.82. The van der Waals surface area contributed by atoms with E-state index in [4.69, 9.17) is 9.47 Å². The van der Waals surface area contributed by atoms with Crippen LogP contribution in [0, 0.1) is 0 Å². The Hall–Kier alpha value is -2.49. The van der Waals surface area contributed by atoms with Crippen molar-refractivity contribution in [3.05, 3.63) is 65.7 Å². The lowest BCUT2D eigenvalue weighted by Crippen LogP contribution is -2.49. The van der Waals surface area contributed by atoms with E-state index in [1.807, 2.05) is 43.3 Å². The van der Waals surface area contributed by atoms with Gasteiger partial charge in [-0.1, -0.05) is 42.5 Å². The van der Waals surface area contributed by atoms with Crippen molar-refractivity contribution in [3.63, 3.8) is 0 Å². The molecule has 0 radical (unpaired) electrons. The zero-order chi connectivity index (χ0) is 21.9. The number of aliphatic imine (C=N–C) groups is 1. The number of ether oxygens (including phenoxy) is 2. The van der Waals surface area contributed by atoms with Crippen LogP contribution in [-0.4, -0.2) is 49.7 Å². The summed E-state index contributed by atoms with van der Waals surface area (Å²) in [6.45, 7) is 4.80. The molecule has 3 rings (SSSR count). The number of likely N-dealkylation sites (tertiary alicyclic amines) is 1. The van der Waals surface area contributed by atoms with E-state index in [9.17, 15) is 4.79 Å². The minimum absolute atomic E-state index is 0. The highest BCUT2D eigenvalue weighted by Gasteiger charge is 2.24. The third-order valence-corrected chi connectivity index (χ3v) is 5.19. The first-order valence-electron chi connectivity index (χ1n) is 10.8. The zero-order valence-corrected chi connectivity index (χ0v) is 21.1. The summed E-state index contributed by atoms with van der Waals surface area (Å²) >= 11 is 0. The van der Waals surface area contributed by atoms with Crippen molar-refractivity contribution in [3.8, 4) is 5.75 Å². The minimum Gasteiger partial charge on any atom is -0.489 e. The molecule has 2 aromatic carbocycles. The lowest BCUT2D eigenvalue weighted by Gasteiger charge is -2.32. The van der Waals surface area contributed by atoms with Gasteiger partial charge in [0, 0.05) is 32.7 Å². The molecule has 174 valence electrons. The molecule has 0 aliphatic carbocycles. The number of guanidine groups is 1. The van der Waals surface area contributed by atoms with Crippen molar-refractivity contribution in [2.45, 2.75) is 39.0 Å². The number of piperidine rings is 1. The van der Waals surface area contributed by atoms with Gasteiger partial charge in [0.15, 0.2) is 5.96 Å². The Bertz CT molecular complexity index is 855. The average molecular weight is 552 g/mol. The molecule has 8 heteroatoms. The molecular formula is C24H33IN4O3. The molecule has 1 amide bonds. The number of carbonyl (C=O) groups excluding carboxylic acids is 1. The molecule has 0 saturated carbocycles. The molecule has 0 aromatic heterocycles. The van der Waals surface area contributed by atoms with Gasteiger partial charge in [0.25, 0.3) is 0 Å². The highest BCUT2D eigenvalue weighted by molar-refractivity contribution is 14.0. The molecule has 0 unspecified atom stereocenters. The number of rotatable bonds is 7. The van der Waals surface area contributed by atoms with E-state index in [-0.39, 0.29) is 36.1 Å².